The Balaban J connectivity index is 0.00000288. The number of likely N-dealkylation sites (N-methyl/N-ethyl adjacent to an activating group) is 1. The van der Waals surface area contributed by atoms with E-state index in [9.17, 15) is 0 Å². The zero-order valence-corrected chi connectivity index (χ0v) is 18.0. The number of aliphatic imine (C=N–C) groups is 1. The maximum atomic E-state index is 6.09. The number of rotatable bonds is 6. The fourth-order valence-electron chi connectivity index (χ4n) is 3.72. The van der Waals surface area contributed by atoms with Crippen LogP contribution in [-0.2, 0) is 0 Å². The number of nitrogens with two attached hydrogens (primary N) is 1. The molecule has 1 aliphatic carbocycles. The Morgan fingerprint density at radius 3 is 2.25 bits per heavy atom. The number of piperazine rings is 1. The molecule has 24 heavy (non-hydrogen) atoms. The minimum absolute atomic E-state index is 0. The summed E-state index contributed by atoms with van der Waals surface area (Å²) in [5.41, 5.74) is 6.09. The van der Waals surface area contributed by atoms with E-state index in [0.29, 0.717) is 17.9 Å². The van der Waals surface area contributed by atoms with Gasteiger partial charge in [0.15, 0.2) is 5.96 Å². The highest BCUT2D eigenvalue weighted by atomic mass is 127. The fraction of sp³-hybridized carbons (Fsp3) is 0.944. The zero-order valence-electron chi connectivity index (χ0n) is 15.7. The molecule has 0 amide bonds. The van der Waals surface area contributed by atoms with E-state index in [-0.39, 0.29) is 24.0 Å². The lowest BCUT2D eigenvalue weighted by Gasteiger charge is -2.35. The molecule has 0 bridgehead atoms. The topological polar surface area (TPSA) is 56.9 Å². The Morgan fingerprint density at radius 1 is 1.08 bits per heavy atom. The van der Waals surface area contributed by atoms with Crippen LogP contribution in [-0.4, -0.2) is 67.6 Å². The predicted molar refractivity (Wildman–Crippen MR) is 114 cm³/mol. The molecule has 0 radical (unpaired) electrons. The third kappa shape index (κ3) is 8.34. The SMILES string of the molecule is CCN1CCN(CC(C)CN=C(N)NC2CCCCCC2)CC1.I. The monoisotopic (exact) mass is 451 g/mol. The van der Waals surface area contributed by atoms with Crippen molar-refractivity contribution in [2.45, 2.75) is 58.4 Å². The molecule has 2 fully saturated rings. The van der Waals surface area contributed by atoms with Gasteiger partial charge in [-0.2, -0.15) is 0 Å². The van der Waals surface area contributed by atoms with Crippen molar-refractivity contribution in [2.75, 3.05) is 45.8 Å². The Kier molecular flexibility index (Phi) is 11.3. The summed E-state index contributed by atoms with van der Waals surface area (Å²) in [6, 6.07) is 0.540. The van der Waals surface area contributed by atoms with Gasteiger partial charge in [0.2, 0.25) is 0 Å². The molecule has 1 unspecified atom stereocenters. The summed E-state index contributed by atoms with van der Waals surface area (Å²) in [6.07, 6.45) is 7.88. The van der Waals surface area contributed by atoms with Crippen LogP contribution in [0.25, 0.3) is 0 Å². The van der Waals surface area contributed by atoms with Crippen molar-refractivity contribution in [3.63, 3.8) is 0 Å². The minimum atomic E-state index is 0. The van der Waals surface area contributed by atoms with Crippen molar-refractivity contribution in [2.24, 2.45) is 16.6 Å². The van der Waals surface area contributed by atoms with Crippen molar-refractivity contribution in [3.8, 4) is 0 Å². The van der Waals surface area contributed by atoms with E-state index in [4.69, 9.17) is 5.73 Å². The van der Waals surface area contributed by atoms with Gasteiger partial charge in [0.25, 0.3) is 0 Å². The van der Waals surface area contributed by atoms with E-state index in [2.05, 4.69) is 34.0 Å². The lowest BCUT2D eigenvalue weighted by atomic mass is 10.1. The molecular weight excluding hydrogens is 413 g/mol. The maximum absolute atomic E-state index is 6.09. The summed E-state index contributed by atoms with van der Waals surface area (Å²) in [6.45, 7) is 12.5. The Morgan fingerprint density at radius 2 is 1.67 bits per heavy atom. The normalized spacial score (nSPS) is 23.3. The second kappa shape index (κ2) is 12.3. The van der Waals surface area contributed by atoms with E-state index < -0.39 is 0 Å². The van der Waals surface area contributed by atoms with Gasteiger partial charge in [-0.15, -0.1) is 24.0 Å². The van der Waals surface area contributed by atoms with Crippen LogP contribution in [0.2, 0.25) is 0 Å². The second-order valence-electron chi connectivity index (χ2n) is 7.40. The standard InChI is InChI=1S/C18H37N5.HI/c1-3-22-10-12-23(13-11-22)15-16(2)14-20-18(19)21-17-8-6-4-5-7-9-17;/h16-17H,3-15H2,1-2H3,(H3,19,20,21);1H. The van der Waals surface area contributed by atoms with Gasteiger partial charge in [0.05, 0.1) is 0 Å². The van der Waals surface area contributed by atoms with Gasteiger partial charge in [-0.3, -0.25) is 4.99 Å². The highest BCUT2D eigenvalue weighted by molar-refractivity contribution is 14.0. The summed E-state index contributed by atoms with van der Waals surface area (Å²) >= 11 is 0. The van der Waals surface area contributed by atoms with Gasteiger partial charge < -0.3 is 20.9 Å². The van der Waals surface area contributed by atoms with Gasteiger partial charge in [-0.05, 0) is 25.3 Å². The summed E-state index contributed by atoms with van der Waals surface area (Å²) in [5, 5.41) is 3.44. The molecule has 2 rings (SSSR count). The second-order valence-corrected chi connectivity index (χ2v) is 7.40. The van der Waals surface area contributed by atoms with Crippen LogP contribution in [0.15, 0.2) is 4.99 Å². The molecule has 1 saturated carbocycles. The lowest BCUT2D eigenvalue weighted by Crippen LogP contribution is -2.47. The summed E-state index contributed by atoms with van der Waals surface area (Å²) < 4.78 is 0. The first-order chi connectivity index (χ1) is 11.2. The summed E-state index contributed by atoms with van der Waals surface area (Å²) in [7, 11) is 0. The molecule has 0 aromatic carbocycles. The van der Waals surface area contributed by atoms with Crippen LogP contribution in [0.1, 0.15) is 52.4 Å². The molecule has 1 heterocycles. The Hall–Kier alpha value is -0.0800. The molecule has 5 nitrogen and oxygen atoms in total. The molecular formula is C18H38IN5. The Bertz CT molecular complexity index is 347. The van der Waals surface area contributed by atoms with Gasteiger partial charge in [0, 0.05) is 45.3 Å². The Labute approximate surface area is 165 Å². The van der Waals surface area contributed by atoms with Crippen molar-refractivity contribution >= 4 is 29.9 Å². The molecule has 0 aromatic heterocycles. The molecule has 0 aromatic rings. The van der Waals surface area contributed by atoms with E-state index in [1.54, 1.807) is 0 Å². The highest BCUT2D eigenvalue weighted by Crippen LogP contribution is 2.17. The van der Waals surface area contributed by atoms with Crippen molar-refractivity contribution in [3.05, 3.63) is 0 Å². The van der Waals surface area contributed by atoms with Crippen LogP contribution < -0.4 is 11.1 Å². The van der Waals surface area contributed by atoms with Crippen molar-refractivity contribution < 1.29 is 0 Å². The third-order valence-electron chi connectivity index (χ3n) is 5.26. The minimum Gasteiger partial charge on any atom is -0.370 e. The average molecular weight is 451 g/mol. The largest absolute Gasteiger partial charge is 0.370 e. The molecule has 6 heteroatoms. The first-order valence-electron chi connectivity index (χ1n) is 9.68. The number of hydrogen-bond acceptors (Lipinski definition) is 3. The smallest absolute Gasteiger partial charge is 0.188 e. The van der Waals surface area contributed by atoms with E-state index in [1.807, 2.05) is 0 Å². The average Bonchev–Trinajstić information content (AvgIpc) is 2.82. The molecule has 2 aliphatic rings. The number of nitrogens with one attached hydrogen (secondary N) is 1. The zero-order chi connectivity index (χ0) is 16.5. The van der Waals surface area contributed by atoms with Gasteiger partial charge >= 0.3 is 0 Å². The van der Waals surface area contributed by atoms with Crippen LogP contribution in [0.5, 0.6) is 0 Å². The maximum Gasteiger partial charge on any atom is 0.188 e. The van der Waals surface area contributed by atoms with Crippen LogP contribution in [0.3, 0.4) is 0 Å². The van der Waals surface area contributed by atoms with E-state index in [0.717, 1.165) is 13.1 Å². The quantitative estimate of drug-likeness (QED) is 0.282. The van der Waals surface area contributed by atoms with Crippen LogP contribution in [0.4, 0.5) is 0 Å². The third-order valence-corrected chi connectivity index (χ3v) is 5.26. The first-order valence-corrected chi connectivity index (χ1v) is 9.68. The molecule has 3 N–H and O–H groups in total. The number of hydrogen-bond donors (Lipinski definition) is 2. The van der Waals surface area contributed by atoms with Crippen LogP contribution in [0, 0.1) is 5.92 Å². The van der Waals surface area contributed by atoms with Crippen LogP contribution >= 0.6 is 24.0 Å². The number of halogens is 1. The van der Waals surface area contributed by atoms with E-state index in [1.165, 1.54) is 71.2 Å². The van der Waals surface area contributed by atoms with Gasteiger partial charge in [-0.25, -0.2) is 0 Å². The number of nitrogens with zero attached hydrogens (tertiary/aromatic N) is 3. The predicted octanol–water partition coefficient (Wildman–Crippen LogP) is 2.51. The summed E-state index contributed by atoms with van der Waals surface area (Å²) in [5.74, 6) is 1.22. The lowest BCUT2D eigenvalue weighted by molar-refractivity contribution is 0.125. The molecule has 1 saturated heterocycles. The molecule has 1 aliphatic heterocycles. The number of guanidine groups is 1. The first kappa shape index (κ1) is 22.0. The van der Waals surface area contributed by atoms with Gasteiger partial charge in [-0.1, -0.05) is 39.5 Å². The molecule has 1 atom stereocenters. The summed E-state index contributed by atoms with van der Waals surface area (Å²) in [4.78, 5) is 9.68. The fourth-order valence-corrected chi connectivity index (χ4v) is 3.72. The highest BCUT2D eigenvalue weighted by Gasteiger charge is 2.17. The van der Waals surface area contributed by atoms with Crippen molar-refractivity contribution in [1.82, 2.24) is 15.1 Å². The molecule has 142 valence electrons. The van der Waals surface area contributed by atoms with Crippen molar-refractivity contribution in [1.29, 1.82) is 0 Å². The molecule has 0 spiro atoms. The van der Waals surface area contributed by atoms with E-state index >= 15 is 0 Å². The van der Waals surface area contributed by atoms with Gasteiger partial charge in [0.1, 0.15) is 0 Å².